The number of likely N-dealkylation sites (tertiary alicyclic amines) is 1. The lowest BCUT2D eigenvalue weighted by Gasteiger charge is -2.31. The highest BCUT2D eigenvalue weighted by molar-refractivity contribution is 9.10. The molecule has 1 atom stereocenters. The van der Waals surface area contributed by atoms with Gasteiger partial charge in [-0.25, -0.2) is 0 Å². The topological polar surface area (TPSA) is 12.5 Å². The minimum Gasteiger partial charge on any atom is -0.457 e. The van der Waals surface area contributed by atoms with Gasteiger partial charge in [0.05, 0.1) is 0 Å². The molecule has 0 amide bonds. The molecule has 25 heavy (non-hydrogen) atoms. The molecule has 0 saturated carbocycles. The van der Waals surface area contributed by atoms with Gasteiger partial charge in [0.15, 0.2) is 0 Å². The average molecular weight is 402 g/mol. The van der Waals surface area contributed by atoms with Crippen molar-refractivity contribution in [3.63, 3.8) is 0 Å². The van der Waals surface area contributed by atoms with Crippen LogP contribution in [-0.4, -0.2) is 24.5 Å². The lowest BCUT2D eigenvalue weighted by Crippen LogP contribution is -2.34. The number of piperidine rings is 1. The fraction of sp³-hybridized carbons (Fsp3) is 0.455. The number of rotatable bonds is 6. The maximum absolute atomic E-state index is 6.16. The molecule has 1 aliphatic heterocycles. The summed E-state index contributed by atoms with van der Waals surface area (Å²) in [6.07, 6.45) is 3.87. The van der Waals surface area contributed by atoms with Gasteiger partial charge in [-0.1, -0.05) is 48.0 Å². The van der Waals surface area contributed by atoms with E-state index in [-0.39, 0.29) is 0 Å². The Bertz CT molecular complexity index is 662. The maximum Gasteiger partial charge on any atom is 0.130 e. The molecule has 1 unspecified atom stereocenters. The summed E-state index contributed by atoms with van der Waals surface area (Å²) in [5, 5.41) is 0. The van der Waals surface area contributed by atoms with Gasteiger partial charge in [0.1, 0.15) is 11.5 Å². The highest BCUT2D eigenvalue weighted by atomic mass is 79.9. The first-order valence-corrected chi connectivity index (χ1v) is 10.2. The van der Waals surface area contributed by atoms with Crippen molar-refractivity contribution < 1.29 is 4.74 Å². The third-order valence-corrected chi connectivity index (χ3v) is 5.77. The largest absolute Gasteiger partial charge is 0.457 e. The van der Waals surface area contributed by atoms with E-state index in [2.05, 4.69) is 58.9 Å². The first-order chi connectivity index (χ1) is 12.1. The molecule has 2 aromatic rings. The first-order valence-electron chi connectivity index (χ1n) is 9.36. The second-order valence-corrected chi connectivity index (χ2v) is 8.22. The number of para-hydroxylation sites is 1. The van der Waals surface area contributed by atoms with Gasteiger partial charge in [0.2, 0.25) is 0 Å². The molecule has 1 fully saturated rings. The van der Waals surface area contributed by atoms with Crippen LogP contribution >= 0.6 is 15.9 Å². The number of hydrogen-bond donors (Lipinski definition) is 0. The van der Waals surface area contributed by atoms with Gasteiger partial charge in [-0.05, 0) is 86.6 Å². The Kier molecular flexibility index (Phi) is 6.55. The summed E-state index contributed by atoms with van der Waals surface area (Å²) in [5.74, 6) is 3.25. The summed E-state index contributed by atoms with van der Waals surface area (Å²) in [6, 6.07) is 16.5. The van der Waals surface area contributed by atoms with Crippen LogP contribution in [0, 0.1) is 5.92 Å². The van der Waals surface area contributed by atoms with E-state index in [1.54, 1.807) is 0 Å². The summed E-state index contributed by atoms with van der Waals surface area (Å²) in [5.41, 5.74) is 1.30. The number of nitrogens with zero attached hydrogens (tertiary/aromatic N) is 1. The van der Waals surface area contributed by atoms with Crippen molar-refractivity contribution in [1.29, 1.82) is 0 Å². The molecule has 0 aliphatic carbocycles. The minimum atomic E-state index is 0.492. The Morgan fingerprint density at radius 2 is 1.76 bits per heavy atom. The molecule has 0 bridgehead atoms. The summed E-state index contributed by atoms with van der Waals surface area (Å²) >= 11 is 3.47. The molecular formula is C22H28BrNO. The average Bonchev–Trinajstić information content (AvgIpc) is 2.63. The van der Waals surface area contributed by atoms with Crippen LogP contribution in [-0.2, 0) is 0 Å². The first kappa shape index (κ1) is 18.5. The summed E-state index contributed by atoms with van der Waals surface area (Å²) in [6.45, 7) is 8.38. The molecule has 0 aromatic heterocycles. The number of halogens is 1. The standard InChI is InChI=1S/C22H28BrNO/c1-17-11-14-24(15-12-17)16-13-18(2)21-5-3-4-6-22(21)25-20-9-7-19(23)8-10-20/h3-10,17-18H,11-16H2,1-2H3. The van der Waals surface area contributed by atoms with E-state index in [1.807, 2.05) is 24.3 Å². The molecule has 1 heterocycles. The Morgan fingerprint density at radius 3 is 2.48 bits per heavy atom. The highest BCUT2D eigenvalue weighted by Gasteiger charge is 2.18. The van der Waals surface area contributed by atoms with Gasteiger partial charge >= 0.3 is 0 Å². The molecule has 2 aromatic carbocycles. The van der Waals surface area contributed by atoms with Gasteiger partial charge in [-0.3, -0.25) is 0 Å². The van der Waals surface area contributed by atoms with Gasteiger partial charge in [-0.15, -0.1) is 0 Å². The molecule has 0 N–H and O–H groups in total. The molecule has 0 spiro atoms. The van der Waals surface area contributed by atoms with Crippen molar-refractivity contribution in [3.8, 4) is 11.5 Å². The van der Waals surface area contributed by atoms with Crippen LogP contribution < -0.4 is 4.74 Å². The number of hydrogen-bond acceptors (Lipinski definition) is 2. The van der Waals surface area contributed by atoms with Crippen LogP contribution in [0.1, 0.15) is 44.6 Å². The van der Waals surface area contributed by atoms with Crippen molar-refractivity contribution in [3.05, 3.63) is 58.6 Å². The minimum absolute atomic E-state index is 0.492. The van der Waals surface area contributed by atoms with Crippen molar-refractivity contribution in [2.24, 2.45) is 5.92 Å². The predicted molar refractivity (Wildman–Crippen MR) is 109 cm³/mol. The van der Waals surface area contributed by atoms with Crippen molar-refractivity contribution in [2.75, 3.05) is 19.6 Å². The van der Waals surface area contributed by atoms with Crippen molar-refractivity contribution in [1.82, 2.24) is 4.90 Å². The lowest BCUT2D eigenvalue weighted by atomic mass is 9.95. The quantitative estimate of drug-likeness (QED) is 0.549. The zero-order chi connectivity index (χ0) is 17.6. The van der Waals surface area contributed by atoms with Crippen molar-refractivity contribution >= 4 is 15.9 Å². The summed E-state index contributed by atoms with van der Waals surface area (Å²) < 4.78 is 7.22. The normalized spacial score (nSPS) is 17.4. The van der Waals surface area contributed by atoms with E-state index in [4.69, 9.17) is 4.74 Å². The molecule has 1 aliphatic rings. The zero-order valence-corrected chi connectivity index (χ0v) is 16.8. The van der Waals surface area contributed by atoms with Crippen LogP contribution in [0.2, 0.25) is 0 Å². The predicted octanol–water partition coefficient (Wildman–Crippen LogP) is 6.47. The van der Waals surface area contributed by atoms with E-state index in [9.17, 15) is 0 Å². The molecule has 3 heteroatoms. The van der Waals surface area contributed by atoms with Gasteiger partial charge in [0, 0.05) is 4.47 Å². The molecule has 134 valence electrons. The second-order valence-electron chi connectivity index (χ2n) is 7.31. The van der Waals surface area contributed by atoms with Crippen LogP contribution in [0.25, 0.3) is 0 Å². The van der Waals surface area contributed by atoms with E-state index < -0.39 is 0 Å². The van der Waals surface area contributed by atoms with Gasteiger partial charge < -0.3 is 9.64 Å². The Labute approximate surface area is 160 Å². The van der Waals surface area contributed by atoms with Crippen LogP contribution in [0.3, 0.4) is 0 Å². The van der Waals surface area contributed by atoms with Gasteiger partial charge in [0.25, 0.3) is 0 Å². The molecule has 2 nitrogen and oxygen atoms in total. The van der Waals surface area contributed by atoms with Crippen LogP contribution in [0.4, 0.5) is 0 Å². The molecule has 1 saturated heterocycles. The van der Waals surface area contributed by atoms with Crippen LogP contribution in [0.15, 0.2) is 53.0 Å². The number of benzene rings is 2. The highest BCUT2D eigenvalue weighted by Crippen LogP contribution is 2.33. The van der Waals surface area contributed by atoms with E-state index in [0.29, 0.717) is 5.92 Å². The Hall–Kier alpha value is -1.32. The van der Waals surface area contributed by atoms with E-state index in [0.717, 1.165) is 21.9 Å². The monoisotopic (exact) mass is 401 g/mol. The summed E-state index contributed by atoms with van der Waals surface area (Å²) in [7, 11) is 0. The smallest absolute Gasteiger partial charge is 0.130 e. The Morgan fingerprint density at radius 1 is 1.08 bits per heavy atom. The zero-order valence-electron chi connectivity index (χ0n) is 15.2. The fourth-order valence-corrected chi connectivity index (χ4v) is 3.69. The summed E-state index contributed by atoms with van der Waals surface area (Å²) in [4.78, 5) is 2.62. The van der Waals surface area contributed by atoms with E-state index in [1.165, 1.54) is 44.5 Å². The SMILES string of the molecule is CC1CCN(CCC(C)c2ccccc2Oc2ccc(Br)cc2)CC1. The molecular weight excluding hydrogens is 374 g/mol. The third kappa shape index (κ3) is 5.32. The van der Waals surface area contributed by atoms with E-state index >= 15 is 0 Å². The Balaban J connectivity index is 1.62. The molecule has 0 radical (unpaired) electrons. The maximum atomic E-state index is 6.16. The lowest BCUT2D eigenvalue weighted by molar-refractivity contribution is 0.187. The van der Waals surface area contributed by atoms with Crippen molar-refractivity contribution in [2.45, 2.75) is 39.0 Å². The number of ether oxygens (including phenoxy) is 1. The molecule has 3 rings (SSSR count). The van der Waals surface area contributed by atoms with Gasteiger partial charge in [-0.2, -0.15) is 0 Å². The third-order valence-electron chi connectivity index (χ3n) is 5.25. The fourth-order valence-electron chi connectivity index (χ4n) is 3.43. The second kappa shape index (κ2) is 8.86. The van der Waals surface area contributed by atoms with Crippen LogP contribution in [0.5, 0.6) is 11.5 Å².